The number of carbonyl (C=O) groups excluding carboxylic acids is 3. The Bertz CT molecular complexity index is 739. The largest absolute Gasteiger partial charge is 0.489 e. The zero-order valence-corrected chi connectivity index (χ0v) is 12.8. The second kappa shape index (κ2) is 6.95. The third-order valence-corrected chi connectivity index (χ3v) is 3.52. The highest BCUT2D eigenvalue weighted by atomic mass is 16.7. The number of hydroxylamine groups is 2. The molecule has 1 heterocycles. The first-order valence-corrected chi connectivity index (χ1v) is 7.48. The molecule has 2 aromatic carbocycles. The smallest absolute Gasteiger partial charge is 0.363 e. The summed E-state index contributed by atoms with van der Waals surface area (Å²) in [6.07, 6.45) is 0.136. The standard InChI is InChI=1S/C18H15NO5/c20-16-10-11-17(21)19(16)24-18(22)14-6-8-15(9-7-14)23-12-13-4-2-1-3-5-13/h1-9H,10-12H2. The summed E-state index contributed by atoms with van der Waals surface area (Å²) in [5.74, 6) is -1.16. The first kappa shape index (κ1) is 15.7. The Kier molecular flexibility index (Phi) is 4.56. The molecule has 122 valence electrons. The van der Waals surface area contributed by atoms with Crippen LogP contribution in [0.1, 0.15) is 28.8 Å². The van der Waals surface area contributed by atoms with Crippen LogP contribution in [0.5, 0.6) is 5.75 Å². The van der Waals surface area contributed by atoms with Crippen LogP contribution in [0.2, 0.25) is 0 Å². The first-order valence-electron chi connectivity index (χ1n) is 7.48. The van der Waals surface area contributed by atoms with E-state index < -0.39 is 17.8 Å². The Balaban J connectivity index is 1.58. The summed E-state index contributed by atoms with van der Waals surface area (Å²) in [7, 11) is 0. The van der Waals surface area contributed by atoms with E-state index in [4.69, 9.17) is 9.57 Å². The van der Waals surface area contributed by atoms with Gasteiger partial charge in [-0.1, -0.05) is 30.3 Å². The van der Waals surface area contributed by atoms with E-state index in [0.29, 0.717) is 17.4 Å². The van der Waals surface area contributed by atoms with Gasteiger partial charge in [-0.2, -0.15) is 0 Å². The van der Waals surface area contributed by atoms with Gasteiger partial charge in [0.15, 0.2) is 0 Å². The van der Waals surface area contributed by atoms with E-state index in [9.17, 15) is 14.4 Å². The predicted molar refractivity (Wildman–Crippen MR) is 83.7 cm³/mol. The number of benzene rings is 2. The molecule has 0 bridgehead atoms. The van der Waals surface area contributed by atoms with Gasteiger partial charge in [0.2, 0.25) is 0 Å². The molecule has 6 heteroatoms. The Labute approximate surface area is 138 Å². The molecular formula is C18H15NO5. The molecule has 0 unspecified atom stereocenters. The van der Waals surface area contributed by atoms with Crippen LogP contribution in [-0.2, 0) is 21.0 Å². The van der Waals surface area contributed by atoms with Gasteiger partial charge in [-0.05, 0) is 29.8 Å². The minimum absolute atomic E-state index is 0.0678. The summed E-state index contributed by atoms with van der Waals surface area (Å²) >= 11 is 0. The molecule has 2 amide bonds. The molecule has 24 heavy (non-hydrogen) atoms. The van der Waals surface area contributed by atoms with Crippen LogP contribution in [0.25, 0.3) is 0 Å². The first-order chi connectivity index (χ1) is 11.6. The fraction of sp³-hybridized carbons (Fsp3) is 0.167. The second-order valence-electron chi connectivity index (χ2n) is 5.26. The van der Waals surface area contributed by atoms with Gasteiger partial charge in [-0.15, -0.1) is 5.06 Å². The number of carbonyl (C=O) groups is 3. The third kappa shape index (κ3) is 3.60. The topological polar surface area (TPSA) is 72.9 Å². The zero-order chi connectivity index (χ0) is 16.9. The molecule has 0 aliphatic carbocycles. The van der Waals surface area contributed by atoms with Gasteiger partial charge < -0.3 is 9.57 Å². The van der Waals surface area contributed by atoms with Gasteiger partial charge in [0, 0.05) is 12.8 Å². The molecule has 0 radical (unpaired) electrons. The van der Waals surface area contributed by atoms with Crippen molar-refractivity contribution in [3.8, 4) is 5.75 Å². The summed E-state index contributed by atoms with van der Waals surface area (Å²) in [4.78, 5) is 39.7. The summed E-state index contributed by atoms with van der Waals surface area (Å²) < 4.78 is 5.62. The fourth-order valence-electron chi connectivity index (χ4n) is 2.22. The highest BCUT2D eigenvalue weighted by Gasteiger charge is 2.33. The molecule has 1 aliphatic heterocycles. The van der Waals surface area contributed by atoms with Gasteiger partial charge in [0.05, 0.1) is 5.56 Å². The molecule has 1 aliphatic rings. The normalized spacial score (nSPS) is 13.9. The van der Waals surface area contributed by atoms with Crippen molar-refractivity contribution in [2.75, 3.05) is 0 Å². The van der Waals surface area contributed by atoms with Crippen LogP contribution in [0.4, 0.5) is 0 Å². The molecule has 1 saturated heterocycles. The molecule has 0 spiro atoms. The van der Waals surface area contributed by atoms with Crippen molar-refractivity contribution in [1.29, 1.82) is 0 Å². The average Bonchev–Trinajstić information content (AvgIpc) is 2.93. The number of imide groups is 1. The lowest BCUT2D eigenvalue weighted by Crippen LogP contribution is -2.32. The molecule has 0 N–H and O–H groups in total. The van der Waals surface area contributed by atoms with E-state index in [2.05, 4.69) is 0 Å². The lowest BCUT2D eigenvalue weighted by Gasteiger charge is -2.12. The molecule has 3 rings (SSSR count). The third-order valence-electron chi connectivity index (χ3n) is 3.52. The second-order valence-corrected chi connectivity index (χ2v) is 5.26. The van der Waals surface area contributed by atoms with Gasteiger partial charge in [0.25, 0.3) is 11.8 Å². The van der Waals surface area contributed by atoms with Gasteiger partial charge in [-0.3, -0.25) is 9.59 Å². The maximum absolute atomic E-state index is 12.0. The SMILES string of the molecule is O=C(ON1C(=O)CCC1=O)c1ccc(OCc2ccccc2)cc1. The molecular weight excluding hydrogens is 310 g/mol. The summed E-state index contributed by atoms with van der Waals surface area (Å²) in [5.41, 5.74) is 1.27. The molecule has 0 atom stereocenters. The van der Waals surface area contributed by atoms with Crippen LogP contribution in [0.15, 0.2) is 54.6 Å². The quantitative estimate of drug-likeness (QED) is 0.790. The number of ether oxygens (including phenoxy) is 1. The summed E-state index contributed by atoms with van der Waals surface area (Å²) in [5, 5.41) is 0.530. The van der Waals surface area contributed by atoms with Gasteiger partial charge in [0.1, 0.15) is 12.4 Å². The average molecular weight is 325 g/mol. The van der Waals surface area contributed by atoms with Crippen LogP contribution in [0.3, 0.4) is 0 Å². The summed E-state index contributed by atoms with van der Waals surface area (Å²) in [6.45, 7) is 0.418. The minimum atomic E-state index is -0.756. The predicted octanol–water partition coefficient (Wildman–Crippen LogP) is 2.49. The molecule has 0 aromatic heterocycles. The monoisotopic (exact) mass is 325 g/mol. The lowest BCUT2D eigenvalue weighted by molar-refractivity contribution is -0.172. The Morgan fingerprint density at radius 3 is 2.17 bits per heavy atom. The van der Waals surface area contributed by atoms with Gasteiger partial charge in [-0.25, -0.2) is 4.79 Å². The molecule has 1 fully saturated rings. The lowest BCUT2D eigenvalue weighted by atomic mass is 10.2. The molecule has 2 aromatic rings. The van der Waals surface area contributed by atoms with Crippen molar-refractivity contribution < 1.29 is 24.0 Å². The van der Waals surface area contributed by atoms with E-state index in [1.807, 2.05) is 30.3 Å². The van der Waals surface area contributed by atoms with Crippen LogP contribution in [-0.4, -0.2) is 22.8 Å². The Hall–Kier alpha value is -3.15. The highest BCUT2D eigenvalue weighted by molar-refractivity contribution is 6.02. The number of hydrogen-bond acceptors (Lipinski definition) is 5. The van der Waals surface area contributed by atoms with Crippen molar-refractivity contribution in [1.82, 2.24) is 5.06 Å². The highest BCUT2D eigenvalue weighted by Crippen LogP contribution is 2.17. The van der Waals surface area contributed by atoms with Crippen molar-refractivity contribution in [2.45, 2.75) is 19.4 Å². The Morgan fingerprint density at radius 1 is 0.917 bits per heavy atom. The van der Waals surface area contributed by atoms with Crippen molar-refractivity contribution in [2.24, 2.45) is 0 Å². The maximum Gasteiger partial charge on any atom is 0.363 e. The van der Waals surface area contributed by atoms with E-state index in [0.717, 1.165) is 5.56 Å². The van der Waals surface area contributed by atoms with Crippen molar-refractivity contribution in [3.63, 3.8) is 0 Å². The molecule has 6 nitrogen and oxygen atoms in total. The zero-order valence-electron chi connectivity index (χ0n) is 12.8. The number of amides is 2. The number of rotatable bonds is 5. The van der Waals surface area contributed by atoms with Gasteiger partial charge >= 0.3 is 5.97 Å². The maximum atomic E-state index is 12.0. The van der Waals surface area contributed by atoms with E-state index >= 15 is 0 Å². The van der Waals surface area contributed by atoms with Crippen LogP contribution in [0, 0.1) is 0 Å². The van der Waals surface area contributed by atoms with E-state index in [-0.39, 0.29) is 18.4 Å². The van der Waals surface area contributed by atoms with Crippen molar-refractivity contribution >= 4 is 17.8 Å². The molecule has 0 saturated carbocycles. The van der Waals surface area contributed by atoms with Crippen molar-refractivity contribution in [3.05, 3.63) is 65.7 Å². The van der Waals surface area contributed by atoms with Crippen LogP contribution < -0.4 is 4.74 Å². The van der Waals surface area contributed by atoms with E-state index in [1.165, 1.54) is 12.1 Å². The Morgan fingerprint density at radius 2 is 1.54 bits per heavy atom. The summed E-state index contributed by atoms with van der Waals surface area (Å²) in [6, 6.07) is 16.0. The van der Waals surface area contributed by atoms with Crippen LogP contribution >= 0.6 is 0 Å². The van der Waals surface area contributed by atoms with E-state index in [1.54, 1.807) is 12.1 Å². The minimum Gasteiger partial charge on any atom is -0.489 e. The fourth-order valence-corrected chi connectivity index (χ4v) is 2.22. The number of hydrogen-bond donors (Lipinski definition) is 0. The number of nitrogens with zero attached hydrogens (tertiary/aromatic N) is 1.